The van der Waals surface area contributed by atoms with E-state index in [9.17, 15) is 18.1 Å². The summed E-state index contributed by atoms with van der Waals surface area (Å²) in [6.07, 6.45) is 0.800. The van der Waals surface area contributed by atoms with Crippen LogP contribution in [-0.2, 0) is 17.5 Å². The van der Waals surface area contributed by atoms with Gasteiger partial charge in [0.2, 0.25) is 0 Å². The van der Waals surface area contributed by atoms with E-state index in [-0.39, 0.29) is 19.1 Å². The molecule has 3 aromatic rings. The highest BCUT2D eigenvalue weighted by atomic mass is 32.2. The quantitative estimate of drug-likeness (QED) is 0.712. The topological polar surface area (TPSA) is 45.5 Å². The minimum absolute atomic E-state index is 0.0248. The molecule has 0 aliphatic rings. The lowest BCUT2D eigenvalue weighted by molar-refractivity contribution is 0.124. The van der Waals surface area contributed by atoms with E-state index in [1.807, 2.05) is 18.4 Å². The van der Waals surface area contributed by atoms with Crippen LogP contribution in [0.15, 0.2) is 36.4 Å². The zero-order chi connectivity index (χ0) is 19.0. The number of fused-ring (bicyclic) bond motifs is 3. The number of aliphatic hydroxyl groups excluding tert-OH is 1. The maximum Gasteiger partial charge on any atom is 0.123 e. The Morgan fingerprint density at radius 2 is 1.58 bits per heavy atom. The predicted octanol–water partition coefficient (Wildman–Crippen LogP) is 3.44. The number of hydrogen-bond acceptors (Lipinski definition) is 2. The normalized spacial score (nSPS) is 14.6. The average Bonchev–Trinajstić information content (AvgIpc) is 2.85. The molecule has 1 heterocycles. The summed E-state index contributed by atoms with van der Waals surface area (Å²) in [4.78, 5) is 0. The second kappa shape index (κ2) is 7.42. The minimum Gasteiger partial charge on any atom is -0.390 e. The van der Waals surface area contributed by atoms with Crippen LogP contribution in [0.2, 0.25) is 0 Å². The lowest BCUT2D eigenvalue weighted by atomic mass is 10.1. The molecule has 0 spiro atoms. The zero-order valence-electron chi connectivity index (χ0n) is 14.9. The SMILES string of the molecule is CC(C)N(CC(O)Cn1c2ccc(F)cc2c2cc(F)ccc21)S(C)=O. The third kappa shape index (κ3) is 3.65. The van der Waals surface area contributed by atoms with E-state index >= 15 is 0 Å². The Bertz CT molecular complexity index is 912. The van der Waals surface area contributed by atoms with E-state index < -0.39 is 28.7 Å². The largest absolute Gasteiger partial charge is 0.390 e. The van der Waals surface area contributed by atoms with Crippen LogP contribution in [0.5, 0.6) is 0 Å². The first kappa shape index (κ1) is 18.9. The van der Waals surface area contributed by atoms with Gasteiger partial charge >= 0.3 is 0 Å². The van der Waals surface area contributed by atoms with Crippen molar-refractivity contribution in [1.82, 2.24) is 8.87 Å². The molecule has 0 radical (unpaired) electrons. The lowest BCUT2D eigenvalue weighted by Crippen LogP contribution is -2.39. The van der Waals surface area contributed by atoms with E-state index in [0.717, 1.165) is 11.0 Å². The summed E-state index contributed by atoms with van der Waals surface area (Å²) >= 11 is 0. The second-order valence-corrected chi connectivity index (χ2v) is 8.02. The van der Waals surface area contributed by atoms with Crippen LogP contribution >= 0.6 is 0 Å². The summed E-state index contributed by atoms with van der Waals surface area (Å²) in [6, 6.07) is 8.74. The lowest BCUT2D eigenvalue weighted by Gasteiger charge is -2.26. The molecule has 0 aliphatic carbocycles. The summed E-state index contributed by atoms with van der Waals surface area (Å²) < 4.78 is 42.8. The van der Waals surface area contributed by atoms with Crippen molar-refractivity contribution in [3.8, 4) is 0 Å². The van der Waals surface area contributed by atoms with Crippen molar-refractivity contribution in [3.63, 3.8) is 0 Å². The van der Waals surface area contributed by atoms with Crippen molar-refractivity contribution >= 4 is 32.8 Å². The van der Waals surface area contributed by atoms with Gasteiger partial charge in [-0.1, -0.05) is 0 Å². The van der Waals surface area contributed by atoms with Crippen LogP contribution < -0.4 is 0 Å². The van der Waals surface area contributed by atoms with Gasteiger partial charge in [-0.15, -0.1) is 0 Å². The Hall–Kier alpha value is -1.83. The molecule has 4 nitrogen and oxygen atoms in total. The number of rotatable bonds is 6. The molecule has 2 atom stereocenters. The molecule has 0 amide bonds. The van der Waals surface area contributed by atoms with Crippen molar-refractivity contribution in [1.29, 1.82) is 0 Å². The molecule has 140 valence electrons. The highest BCUT2D eigenvalue weighted by Gasteiger charge is 2.20. The number of hydrogen-bond donors (Lipinski definition) is 1. The van der Waals surface area contributed by atoms with Crippen molar-refractivity contribution < 1.29 is 18.1 Å². The maximum atomic E-state index is 13.7. The van der Waals surface area contributed by atoms with E-state index in [1.54, 1.807) is 22.7 Å². The van der Waals surface area contributed by atoms with Gasteiger partial charge in [0.05, 0.1) is 23.6 Å². The Kier molecular flexibility index (Phi) is 5.41. The first-order valence-electron chi connectivity index (χ1n) is 8.43. The van der Waals surface area contributed by atoms with Crippen LogP contribution in [0.25, 0.3) is 21.8 Å². The molecule has 0 saturated heterocycles. The fraction of sp³-hybridized carbons (Fsp3) is 0.368. The summed E-state index contributed by atoms with van der Waals surface area (Å²) in [5.41, 5.74) is 1.44. The van der Waals surface area contributed by atoms with Crippen LogP contribution in [0.3, 0.4) is 0 Å². The number of halogens is 2. The molecule has 1 N–H and O–H groups in total. The highest BCUT2D eigenvalue weighted by Crippen LogP contribution is 2.30. The molecule has 7 heteroatoms. The average molecular weight is 380 g/mol. The Balaban J connectivity index is 2.02. The van der Waals surface area contributed by atoms with Gasteiger partial charge in [-0.25, -0.2) is 17.3 Å². The number of nitrogens with zero attached hydrogens (tertiary/aromatic N) is 2. The minimum atomic E-state index is -1.20. The van der Waals surface area contributed by atoms with Gasteiger partial charge in [0.1, 0.15) is 11.6 Å². The molecular formula is C19H22F2N2O2S. The maximum absolute atomic E-state index is 13.7. The molecule has 0 saturated carbocycles. The van der Waals surface area contributed by atoms with E-state index in [1.165, 1.54) is 24.3 Å². The molecule has 26 heavy (non-hydrogen) atoms. The molecule has 1 aromatic heterocycles. The second-order valence-electron chi connectivity index (χ2n) is 6.70. The Morgan fingerprint density at radius 1 is 1.08 bits per heavy atom. The summed E-state index contributed by atoms with van der Waals surface area (Å²) in [7, 11) is -1.20. The van der Waals surface area contributed by atoms with Gasteiger partial charge in [-0.05, 0) is 50.2 Å². The molecular weight excluding hydrogens is 358 g/mol. The van der Waals surface area contributed by atoms with Crippen molar-refractivity contribution in [2.24, 2.45) is 0 Å². The van der Waals surface area contributed by atoms with E-state index in [2.05, 4.69) is 0 Å². The summed E-state index contributed by atoms with van der Waals surface area (Å²) in [5, 5.41) is 11.8. The van der Waals surface area contributed by atoms with Crippen molar-refractivity contribution in [2.45, 2.75) is 32.5 Å². The van der Waals surface area contributed by atoms with Crippen LogP contribution in [0.4, 0.5) is 8.78 Å². The molecule has 0 bridgehead atoms. The van der Waals surface area contributed by atoms with Gasteiger partial charge in [0.25, 0.3) is 0 Å². The van der Waals surface area contributed by atoms with Crippen LogP contribution in [0.1, 0.15) is 13.8 Å². The van der Waals surface area contributed by atoms with E-state index in [0.29, 0.717) is 10.8 Å². The molecule has 0 aliphatic heterocycles. The fourth-order valence-corrected chi connectivity index (χ4v) is 4.31. The molecule has 0 fully saturated rings. The first-order chi connectivity index (χ1) is 12.3. The molecule has 3 rings (SSSR count). The molecule has 2 aromatic carbocycles. The van der Waals surface area contributed by atoms with Crippen LogP contribution in [-0.4, -0.2) is 43.1 Å². The molecule has 2 unspecified atom stereocenters. The summed E-state index contributed by atoms with van der Waals surface area (Å²) in [6.45, 7) is 4.31. The van der Waals surface area contributed by atoms with Gasteiger partial charge in [-0.2, -0.15) is 0 Å². The third-order valence-corrected chi connectivity index (χ3v) is 5.71. The predicted molar refractivity (Wildman–Crippen MR) is 101 cm³/mol. The van der Waals surface area contributed by atoms with Gasteiger partial charge in [0.15, 0.2) is 0 Å². The Labute approximate surface area is 153 Å². The van der Waals surface area contributed by atoms with Crippen molar-refractivity contribution in [2.75, 3.05) is 12.8 Å². The van der Waals surface area contributed by atoms with Crippen LogP contribution in [0, 0.1) is 11.6 Å². The van der Waals surface area contributed by atoms with Gasteiger partial charge < -0.3 is 9.67 Å². The summed E-state index contributed by atoms with van der Waals surface area (Å²) in [5.74, 6) is -0.789. The number of aromatic nitrogens is 1. The smallest absolute Gasteiger partial charge is 0.123 e. The van der Waals surface area contributed by atoms with Crippen molar-refractivity contribution in [3.05, 3.63) is 48.0 Å². The zero-order valence-corrected chi connectivity index (χ0v) is 15.8. The van der Waals surface area contributed by atoms with E-state index in [4.69, 9.17) is 0 Å². The third-order valence-electron chi connectivity index (χ3n) is 4.48. The fourth-order valence-electron chi connectivity index (χ4n) is 3.33. The highest BCUT2D eigenvalue weighted by molar-refractivity contribution is 7.81. The number of aliphatic hydroxyl groups is 1. The van der Waals surface area contributed by atoms with Gasteiger partial charge in [0, 0.05) is 40.6 Å². The standard InChI is InChI=1S/C19H22F2N2O2S/c1-12(2)23(26(3)25)11-15(24)10-22-18-6-4-13(20)8-16(18)17-9-14(21)5-7-19(17)22/h4-9,12,15,24H,10-11H2,1-3H3. The number of benzene rings is 2. The monoisotopic (exact) mass is 380 g/mol. The first-order valence-corrected chi connectivity index (χ1v) is 9.94. The van der Waals surface area contributed by atoms with Gasteiger partial charge in [-0.3, -0.25) is 0 Å². The Morgan fingerprint density at radius 3 is 2.00 bits per heavy atom.